The number of rotatable bonds is 7. The van der Waals surface area contributed by atoms with E-state index in [4.69, 9.17) is 4.74 Å². The van der Waals surface area contributed by atoms with Crippen LogP contribution in [0.2, 0.25) is 0 Å². The molecule has 1 saturated heterocycles. The van der Waals surface area contributed by atoms with Crippen molar-refractivity contribution in [1.82, 2.24) is 10.2 Å². The number of carbonyl (C=O) groups excluding carboxylic acids is 2. The minimum Gasteiger partial charge on any atom is -0.382 e. The van der Waals surface area contributed by atoms with Crippen LogP contribution in [0.5, 0.6) is 0 Å². The van der Waals surface area contributed by atoms with Gasteiger partial charge in [-0.1, -0.05) is 6.07 Å². The molecule has 0 bridgehead atoms. The summed E-state index contributed by atoms with van der Waals surface area (Å²) in [7, 11) is 1.79. The first-order valence-corrected chi connectivity index (χ1v) is 8.67. The highest BCUT2D eigenvalue weighted by Gasteiger charge is 2.39. The Morgan fingerprint density at radius 2 is 2.36 bits per heavy atom. The molecule has 0 saturated carbocycles. The van der Waals surface area contributed by atoms with E-state index >= 15 is 0 Å². The number of thiophene rings is 1. The van der Waals surface area contributed by atoms with E-state index in [0.29, 0.717) is 32.6 Å². The molecule has 1 fully saturated rings. The SMILES string of the molecule is CCOCCCNC(=O)[C@H]1CCC(=O)N(C)[C@@H]1c1cccs1. The molecule has 22 heavy (non-hydrogen) atoms. The van der Waals surface area contributed by atoms with E-state index in [1.165, 1.54) is 0 Å². The Kier molecular flexibility index (Phi) is 6.39. The van der Waals surface area contributed by atoms with Crippen molar-refractivity contribution < 1.29 is 14.3 Å². The van der Waals surface area contributed by atoms with E-state index in [9.17, 15) is 9.59 Å². The predicted octanol–water partition coefficient (Wildman–Crippen LogP) is 2.20. The number of piperidine rings is 1. The molecular weight excluding hydrogens is 300 g/mol. The zero-order valence-electron chi connectivity index (χ0n) is 13.2. The van der Waals surface area contributed by atoms with Crippen LogP contribution in [0.15, 0.2) is 17.5 Å². The van der Waals surface area contributed by atoms with Crippen LogP contribution in [0.1, 0.15) is 37.1 Å². The molecule has 2 heterocycles. The summed E-state index contributed by atoms with van der Waals surface area (Å²) in [5.41, 5.74) is 0. The summed E-state index contributed by atoms with van der Waals surface area (Å²) in [6.45, 7) is 3.93. The molecular formula is C16H24N2O3S. The fraction of sp³-hybridized carbons (Fsp3) is 0.625. The number of likely N-dealkylation sites (tertiary alicyclic amines) is 1. The van der Waals surface area contributed by atoms with Gasteiger partial charge < -0.3 is 15.0 Å². The molecule has 0 radical (unpaired) electrons. The zero-order valence-corrected chi connectivity index (χ0v) is 14.0. The van der Waals surface area contributed by atoms with Crippen LogP contribution in [0.25, 0.3) is 0 Å². The topological polar surface area (TPSA) is 58.6 Å². The first-order valence-electron chi connectivity index (χ1n) is 7.79. The van der Waals surface area contributed by atoms with Crippen LogP contribution >= 0.6 is 11.3 Å². The summed E-state index contributed by atoms with van der Waals surface area (Å²) in [5.74, 6) is -0.0264. The molecule has 122 valence electrons. The third-order valence-electron chi connectivity index (χ3n) is 4.00. The van der Waals surface area contributed by atoms with Crippen LogP contribution in [0.4, 0.5) is 0 Å². The van der Waals surface area contributed by atoms with Crippen molar-refractivity contribution in [1.29, 1.82) is 0 Å². The van der Waals surface area contributed by atoms with Crippen LogP contribution in [0, 0.1) is 5.92 Å². The van der Waals surface area contributed by atoms with Crippen molar-refractivity contribution in [2.45, 2.75) is 32.2 Å². The zero-order chi connectivity index (χ0) is 15.9. The number of hydrogen-bond donors (Lipinski definition) is 1. The quantitative estimate of drug-likeness (QED) is 0.782. The number of hydrogen-bond acceptors (Lipinski definition) is 4. The van der Waals surface area contributed by atoms with Crippen LogP contribution in [0.3, 0.4) is 0 Å². The molecule has 1 aromatic heterocycles. The maximum Gasteiger partial charge on any atom is 0.225 e. The Bertz CT molecular complexity index is 490. The van der Waals surface area contributed by atoms with Gasteiger partial charge in [-0.2, -0.15) is 0 Å². The Morgan fingerprint density at radius 1 is 1.55 bits per heavy atom. The fourth-order valence-corrected chi connectivity index (χ4v) is 3.76. The van der Waals surface area contributed by atoms with E-state index in [1.54, 1.807) is 23.3 Å². The van der Waals surface area contributed by atoms with Gasteiger partial charge in [0.1, 0.15) is 0 Å². The van der Waals surface area contributed by atoms with Gasteiger partial charge in [0.05, 0.1) is 12.0 Å². The molecule has 2 atom stereocenters. The third-order valence-corrected chi connectivity index (χ3v) is 4.94. The molecule has 2 rings (SSSR count). The monoisotopic (exact) mass is 324 g/mol. The molecule has 1 N–H and O–H groups in total. The average molecular weight is 324 g/mol. The van der Waals surface area contributed by atoms with Gasteiger partial charge >= 0.3 is 0 Å². The van der Waals surface area contributed by atoms with Crippen molar-refractivity contribution in [2.24, 2.45) is 5.92 Å². The van der Waals surface area contributed by atoms with Gasteiger partial charge in [0.2, 0.25) is 11.8 Å². The molecule has 1 aliphatic rings. The van der Waals surface area contributed by atoms with Gasteiger partial charge in [-0.05, 0) is 31.2 Å². The largest absolute Gasteiger partial charge is 0.382 e. The Labute approximate surface area is 135 Å². The number of nitrogens with one attached hydrogen (secondary N) is 1. The number of amides is 2. The molecule has 6 heteroatoms. The lowest BCUT2D eigenvalue weighted by Gasteiger charge is -2.37. The lowest BCUT2D eigenvalue weighted by atomic mass is 9.87. The van der Waals surface area contributed by atoms with E-state index in [-0.39, 0.29) is 23.8 Å². The summed E-state index contributed by atoms with van der Waals surface area (Å²) >= 11 is 1.60. The lowest BCUT2D eigenvalue weighted by Crippen LogP contribution is -2.46. The smallest absolute Gasteiger partial charge is 0.225 e. The van der Waals surface area contributed by atoms with Gasteiger partial charge in [-0.25, -0.2) is 0 Å². The van der Waals surface area contributed by atoms with E-state index in [2.05, 4.69) is 5.32 Å². The standard InChI is InChI=1S/C16H24N2O3S/c1-3-21-10-5-9-17-16(20)12-7-8-14(19)18(2)15(12)13-6-4-11-22-13/h4,6,11-12,15H,3,5,7-10H2,1-2H3,(H,17,20)/t12-,15-/m0/s1. The Hall–Kier alpha value is -1.40. The van der Waals surface area contributed by atoms with Crippen molar-refractivity contribution >= 4 is 23.2 Å². The maximum absolute atomic E-state index is 12.5. The van der Waals surface area contributed by atoms with E-state index in [0.717, 1.165) is 11.3 Å². The van der Waals surface area contributed by atoms with Gasteiger partial charge in [0.15, 0.2) is 0 Å². The van der Waals surface area contributed by atoms with E-state index < -0.39 is 0 Å². The lowest BCUT2D eigenvalue weighted by molar-refractivity contribution is -0.141. The minimum atomic E-state index is -0.173. The average Bonchev–Trinajstić information content (AvgIpc) is 3.03. The highest BCUT2D eigenvalue weighted by Crippen LogP contribution is 2.37. The molecule has 0 aromatic carbocycles. The van der Waals surface area contributed by atoms with Crippen LogP contribution in [-0.4, -0.2) is 43.5 Å². The number of nitrogens with zero attached hydrogens (tertiary/aromatic N) is 1. The highest BCUT2D eigenvalue weighted by atomic mass is 32.1. The van der Waals surface area contributed by atoms with Crippen molar-refractivity contribution in [3.05, 3.63) is 22.4 Å². The normalized spacial score (nSPS) is 21.9. The Balaban J connectivity index is 1.97. The first kappa shape index (κ1) is 17.0. The number of carbonyl (C=O) groups is 2. The second-order valence-electron chi connectivity index (χ2n) is 5.45. The van der Waals surface area contributed by atoms with Crippen molar-refractivity contribution in [2.75, 3.05) is 26.8 Å². The fourth-order valence-electron chi connectivity index (χ4n) is 2.82. The Morgan fingerprint density at radius 3 is 3.05 bits per heavy atom. The summed E-state index contributed by atoms with van der Waals surface area (Å²) in [6, 6.07) is 3.82. The molecule has 5 nitrogen and oxygen atoms in total. The van der Waals surface area contributed by atoms with Gasteiger partial charge in [-0.15, -0.1) is 11.3 Å². The molecule has 0 unspecified atom stereocenters. The molecule has 0 aliphatic carbocycles. The highest BCUT2D eigenvalue weighted by molar-refractivity contribution is 7.10. The van der Waals surface area contributed by atoms with Crippen LogP contribution in [-0.2, 0) is 14.3 Å². The summed E-state index contributed by atoms with van der Waals surface area (Å²) in [5, 5.41) is 4.97. The van der Waals surface area contributed by atoms with Gasteiger partial charge in [0.25, 0.3) is 0 Å². The molecule has 2 amide bonds. The minimum absolute atomic E-state index is 0.0363. The van der Waals surface area contributed by atoms with Gasteiger partial charge in [-0.3, -0.25) is 9.59 Å². The third kappa shape index (κ3) is 4.08. The maximum atomic E-state index is 12.5. The number of ether oxygens (including phenoxy) is 1. The summed E-state index contributed by atoms with van der Waals surface area (Å²) < 4.78 is 5.27. The van der Waals surface area contributed by atoms with Gasteiger partial charge in [0, 0.05) is 38.1 Å². The van der Waals surface area contributed by atoms with Crippen molar-refractivity contribution in [3.63, 3.8) is 0 Å². The molecule has 1 aromatic rings. The summed E-state index contributed by atoms with van der Waals surface area (Å²) in [6.07, 6.45) is 1.86. The van der Waals surface area contributed by atoms with Crippen LogP contribution < -0.4 is 5.32 Å². The molecule has 1 aliphatic heterocycles. The second-order valence-corrected chi connectivity index (χ2v) is 6.43. The molecule has 0 spiro atoms. The van der Waals surface area contributed by atoms with E-state index in [1.807, 2.05) is 24.4 Å². The summed E-state index contributed by atoms with van der Waals surface area (Å²) in [4.78, 5) is 27.3. The first-order chi connectivity index (χ1) is 10.6. The second kappa shape index (κ2) is 8.29. The van der Waals surface area contributed by atoms with Crippen molar-refractivity contribution in [3.8, 4) is 0 Å². The predicted molar refractivity (Wildman–Crippen MR) is 86.7 cm³/mol.